The van der Waals surface area contributed by atoms with Gasteiger partial charge in [0.05, 0.1) is 12.8 Å². The summed E-state index contributed by atoms with van der Waals surface area (Å²) in [4.78, 5) is 0. The van der Waals surface area contributed by atoms with Gasteiger partial charge in [0.1, 0.15) is 12.4 Å². The number of hydrogen-bond acceptors (Lipinski definition) is 3. The Morgan fingerprint density at radius 1 is 0.880 bits per heavy atom. The highest BCUT2D eigenvalue weighted by Crippen LogP contribution is 2.15. The lowest BCUT2D eigenvalue weighted by molar-refractivity contribution is 0.306. The minimum atomic E-state index is 0.563. The van der Waals surface area contributed by atoms with Crippen LogP contribution in [0.3, 0.4) is 0 Å². The summed E-state index contributed by atoms with van der Waals surface area (Å²) in [5.41, 5.74) is 6.17. The van der Waals surface area contributed by atoms with Crippen LogP contribution in [0.2, 0.25) is 5.02 Å². The molecular weight excluding hydrogens is 332 g/mol. The molecule has 0 amide bonds. The van der Waals surface area contributed by atoms with Gasteiger partial charge in [0.2, 0.25) is 0 Å². The van der Waals surface area contributed by atoms with Crippen molar-refractivity contribution in [1.82, 2.24) is 5.43 Å². The largest absolute Gasteiger partial charge is 0.489 e. The predicted molar refractivity (Wildman–Crippen MR) is 103 cm³/mol. The first kappa shape index (κ1) is 17.1. The maximum atomic E-state index is 6.11. The summed E-state index contributed by atoms with van der Waals surface area (Å²) in [6.45, 7) is 1.15. The molecule has 3 aromatic rings. The van der Waals surface area contributed by atoms with Crippen LogP contribution >= 0.6 is 11.6 Å². The fourth-order valence-electron chi connectivity index (χ4n) is 2.28. The van der Waals surface area contributed by atoms with Gasteiger partial charge in [-0.25, -0.2) is 0 Å². The van der Waals surface area contributed by atoms with E-state index in [1.54, 1.807) is 6.21 Å². The molecule has 0 unspecified atom stereocenters. The lowest BCUT2D eigenvalue weighted by atomic mass is 10.2. The minimum absolute atomic E-state index is 0.563. The number of hydrazone groups is 1. The van der Waals surface area contributed by atoms with Crippen LogP contribution in [0.5, 0.6) is 5.75 Å². The molecule has 0 saturated carbocycles. The summed E-state index contributed by atoms with van der Waals surface area (Å²) in [5.74, 6) is 0.838. The molecule has 3 rings (SSSR count). The lowest BCUT2D eigenvalue weighted by Crippen LogP contribution is -2.05. The monoisotopic (exact) mass is 350 g/mol. The van der Waals surface area contributed by atoms with E-state index >= 15 is 0 Å². The maximum absolute atomic E-state index is 6.11. The van der Waals surface area contributed by atoms with Crippen molar-refractivity contribution in [3.05, 3.63) is 101 Å². The zero-order valence-corrected chi connectivity index (χ0v) is 14.5. The van der Waals surface area contributed by atoms with Crippen molar-refractivity contribution < 1.29 is 4.74 Å². The fraction of sp³-hybridized carbons (Fsp3) is 0.0952. The smallest absolute Gasteiger partial charge is 0.119 e. The van der Waals surface area contributed by atoms with E-state index in [0.717, 1.165) is 27.5 Å². The van der Waals surface area contributed by atoms with Crippen molar-refractivity contribution in [2.24, 2.45) is 5.10 Å². The van der Waals surface area contributed by atoms with Crippen LogP contribution in [0.15, 0.2) is 84.0 Å². The highest BCUT2D eigenvalue weighted by molar-refractivity contribution is 6.31. The third kappa shape index (κ3) is 5.37. The molecule has 0 bridgehead atoms. The van der Waals surface area contributed by atoms with Crippen molar-refractivity contribution in [3.8, 4) is 5.75 Å². The molecule has 0 atom stereocenters. The standard InChI is InChI=1S/C21H19ClN2O/c22-21-9-5-4-8-19(21)15-24-23-14-17-10-12-20(13-11-17)25-16-18-6-2-1-3-7-18/h1-14,24H,15-16H2/b23-14-. The van der Waals surface area contributed by atoms with Gasteiger partial charge in [-0.2, -0.15) is 5.10 Å². The van der Waals surface area contributed by atoms with Gasteiger partial charge in [-0.15, -0.1) is 0 Å². The number of nitrogens with zero attached hydrogens (tertiary/aromatic N) is 1. The van der Waals surface area contributed by atoms with E-state index in [1.807, 2.05) is 78.9 Å². The van der Waals surface area contributed by atoms with Crippen LogP contribution < -0.4 is 10.2 Å². The van der Waals surface area contributed by atoms with Crippen LogP contribution in [0.25, 0.3) is 0 Å². The first-order chi connectivity index (χ1) is 12.3. The minimum Gasteiger partial charge on any atom is -0.489 e. The number of rotatable bonds is 7. The highest BCUT2D eigenvalue weighted by atomic mass is 35.5. The molecule has 126 valence electrons. The van der Waals surface area contributed by atoms with Gasteiger partial charge in [0.25, 0.3) is 0 Å². The van der Waals surface area contributed by atoms with Gasteiger partial charge in [0, 0.05) is 5.02 Å². The molecule has 3 nitrogen and oxygen atoms in total. The summed E-state index contributed by atoms with van der Waals surface area (Å²) in [6, 6.07) is 25.7. The van der Waals surface area contributed by atoms with Gasteiger partial charge in [-0.05, 0) is 47.0 Å². The van der Waals surface area contributed by atoms with Crippen LogP contribution in [0, 0.1) is 0 Å². The molecule has 0 fully saturated rings. The molecule has 0 aromatic heterocycles. The first-order valence-electron chi connectivity index (χ1n) is 8.07. The van der Waals surface area contributed by atoms with Crippen LogP contribution in [-0.4, -0.2) is 6.21 Å². The highest BCUT2D eigenvalue weighted by Gasteiger charge is 1.97. The summed E-state index contributed by atoms with van der Waals surface area (Å²) in [5, 5.41) is 4.97. The fourth-order valence-corrected chi connectivity index (χ4v) is 2.49. The van der Waals surface area contributed by atoms with Crippen molar-refractivity contribution in [2.45, 2.75) is 13.2 Å². The second kappa shape index (κ2) is 8.90. The molecular formula is C21H19ClN2O. The second-order valence-electron chi connectivity index (χ2n) is 5.53. The predicted octanol–water partition coefficient (Wildman–Crippen LogP) is 5.04. The lowest BCUT2D eigenvalue weighted by Gasteiger charge is -2.06. The van der Waals surface area contributed by atoms with Crippen molar-refractivity contribution in [2.75, 3.05) is 0 Å². The van der Waals surface area contributed by atoms with Gasteiger partial charge >= 0.3 is 0 Å². The molecule has 1 N–H and O–H groups in total. The molecule has 0 spiro atoms. The Hall–Kier alpha value is -2.78. The Balaban J connectivity index is 1.48. The molecule has 0 aliphatic carbocycles. The molecule has 0 aliphatic rings. The molecule has 0 radical (unpaired) electrons. The van der Waals surface area contributed by atoms with Crippen molar-refractivity contribution in [1.29, 1.82) is 0 Å². The second-order valence-corrected chi connectivity index (χ2v) is 5.94. The zero-order valence-electron chi connectivity index (χ0n) is 13.7. The Kier molecular flexibility index (Phi) is 6.07. The quantitative estimate of drug-likeness (QED) is 0.478. The number of hydrogen-bond donors (Lipinski definition) is 1. The van der Waals surface area contributed by atoms with E-state index < -0.39 is 0 Å². The SMILES string of the molecule is Clc1ccccc1CN/N=C\c1ccc(OCc2ccccc2)cc1. The normalized spacial score (nSPS) is 10.8. The summed E-state index contributed by atoms with van der Waals surface area (Å²) in [7, 11) is 0. The Bertz CT molecular complexity index is 817. The van der Waals surface area contributed by atoms with E-state index in [9.17, 15) is 0 Å². The Labute approximate surface area is 152 Å². The van der Waals surface area contributed by atoms with Crippen molar-refractivity contribution in [3.63, 3.8) is 0 Å². The molecule has 0 saturated heterocycles. The van der Waals surface area contributed by atoms with Crippen LogP contribution in [0.4, 0.5) is 0 Å². The number of halogens is 1. The molecule has 3 aromatic carbocycles. The average Bonchev–Trinajstić information content (AvgIpc) is 2.67. The van der Waals surface area contributed by atoms with E-state index in [2.05, 4.69) is 10.5 Å². The number of ether oxygens (including phenoxy) is 1. The Morgan fingerprint density at radius 2 is 1.60 bits per heavy atom. The van der Waals surface area contributed by atoms with E-state index in [0.29, 0.717) is 13.2 Å². The van der Waals surface area contributed by atoms with Crippen LogP contribution in [-0.2, 0) is 13.2 Å². The third-order valence-electron chi connectivity index (χ3n) is 3.66. The topological polar surface area (TPSA) is 33.6 Å². The molecule has 25 heavy (non-hydrogen) atoms. The maximum Gasteiger partial charge on any atom is 0.119 e. The molecule has 0 aliphatic heterocycles. The van der Waals surface area contributed by atoms with Gasteiger partial charge in [-0.1, -0.05) is 60.1 Å². The molecule has 4 heteroatoms. The van der Waals surface area contributed by atoms with Gasteiger partial charge in [-0.3, -0.25) is 0 Å². The Morgan fingerprint density at radius 3 is 2.36 bits per heavy atom. The first-order valence-corrected chi connectivity index (χ1v) is 8.45. The van der Waals surface area contributed by atoms with E-state index in [1.165, 1.54) is 0 Å². The van der Waals surface area contributed by atoms with E-state index in [4.69, 9.17) is 16.3 Å². The van der Waals surface area contributed by atoms with E-state index in [-0.39, 0.29) is 0 Å². The third-order valence-corrected chi connectivity index (χ3v) is 4.03. The van der Waals surface area contributed by atoms with Crippen molar-refractivity contribution >= 4 is 17.8 Å². The number of benzene rings is 3. The summed E-state index contributed by atoms with van der Waals surface area (Å²) in [6.07, 6.45) is 1.78. The molecule has 0 heterocycles. The summed E-state index contributed by atoms with van der Waals surface area (Å²) >= 11 is 6.11. The van der Waals surface area contributed by atoms with Crippen LogP contribution in [0.1, 0.15) is 16.7 Å². The average molecular weight is 351 g/mol. The zero-order chi connectivity index (χ0) is 17.3. The van der Waals surface area contributed by atoms with Gasteiger partial charge < -0.3 is 10.2 Å². The summed E-state index contributed by atoms with van der Waals surface area (Å²) < 4.78 is 5.77. The number of nitrogens with one attached hydrogen (secondary N) is 1. The van der Waals surface area contributed by atoms with Gasteiger partial charge in [0.15, 0.2) is 0 Å².